The van der Waals surface area contributed by atoms with Crippen molar-refractivity contribution >= 4 is 56.4 Å². The first-order chi connectivity index (χ1) is 14.6. The number of hydrogen-bond acceptors (Lipinski definition) is 8. The number of nitrogens with zero attached hydrogens (tertiary/aromatic N) is 4. The fraction of sp³-hybridized carbons (Fsp3) is 0.476. The summed E-state index contributed by atoms with van der Waals surface area (Å²) in [6, 6.07) is 2.16. The van der Waals surface area contributed by atoms with E-state index in [1.54, 1.807) is 7.11 Å². The van der Waals surface area contributed by atoms with Crippen LogP contribution in [0.25, 0.3) is 15.8 Å². The quantitative estimate of drug-likeness (QED) is 0.523. The van der Waals surface area contributed by atoms with Gasteiger partial charge in [0.2, 0.25) is 4.21 Å². The van der Waals surface area contributed by atoms with Crippen molar-refractivity contribution in [1.29, 1.82) is 0 Å². The number of dihydropyridines is 1. The summed E-state index contributed by atoms with van der Waals surface area (Å²) < 4.78 is 18.7. The largest absolute Gasteiger partial charge is 0.611 e. The molecule has 0 amide bonds. The van der Waals surface area contributed by atoms with E-state index in [-0.39, 0.29) is 12.1 Å². The fourth-order valence-electron chi connectivity index (χ4n) is 4.05. The number of methoxy groups -OCH3 is 1. The highest BCUT2D eigenvalue weighted by Crippen LogP contribution is 2.48. The third kappa shape index (κ3) is 3.53. The lowest BCUT2D eigenvalue weighted by Gasteiger charge is -2.22. The lowest BCUT2D eigenvalue weighted by Crippen LogP contribution is -2.28. The van der Waals surface area contributed by atoms with Crippen LogP contribution in [0.1, 0.15) is 36.4 Å². The Balaban J connectivity index is 1.53. The first-order valence-corrected chi connectivity index (χ1v) is 12.3. The molecule has 1 saturated carbocycles. The van der Waals surface area contributed by atoms with E-state index < -0.39 is 11.2 Å². The molecule has 4 heterocycles. The van der Waals surface area contributed by atoms with E-state index in [0.717, 1.165) is 45.0 Å². The number of thiophene rings is 1. The number of aliphatic imine (C=N–C) groups is 1. The molecular formula is C21H25N5O2S2. The Morgan fingerprint density at radius 3 is 3.00 bits per heavy atom. The van der Waals surface area contributed by atoms with Gasteiger partial charge >= 0.3 is 0 Å². The molecule has 0 bridgehead atoms. The number of fused-ring (bicyclic) bond motifs is 2. The van der Waals surface area contributed by atoms with Crippen LogP contribution >= 0.6 is 11.3 Å². The minimum absolute atomic E-state index is 0.0406. The first kappa shape index (κ1) is 20.0. The zero-order valence-corrected chi connectivity index (χ0v) is 18.7. The molecule has 0 aromatic carbocycles. The molecule has 1 fully saturated rings. The van der Waals surface area contributed by atoms with E-state index in [2.05, 4.69) is 22.2 Å². The van der Waals surface area contributed by atoms with Gasteiger partial charge in [-0.3, -0.25) is 10.0 Å². The molecule has 3 atom stereocenters. The number of nitrogens with two attached hydrogens (primary N) is 1. The third-order valence-electron chi connectivity index (χ3n) is 5.78. The molecule has 9 heteroatoms. The van der Waals surface area contributed by atoms with Crippen LogP contribution in [0.4, 0.5) is 5.69 Å². The van der Waals surface area contributed by atoms with Crippen LogP contribution in [0.3, 0.4) is 0 Å². The Labute approximate surface area is 182 Å². The van der Waals surface area contributed by atoms with Crippen molar-refractivity contribution < 1.29 is 9.29 Å². The topological polar surface area (TPSA) is 99.2 Å². The van der Waals surface area contributed by atoms with Gasteiger partial charge in [0.1, 0.15) is 22.4 Å². The number of hydrazone groups is 1. The van der Waals surface area contributed by atoms with E-state index >= 15 is 0 Å². The number of pyridine rings is 1. The van der Waals surface area contributed by atoms with Crippen molar-refractivity contribution in [2.24, 2.45) is 16.0 Å². The van der Waals surface area contributed by atoms with Crippen molar-refractivity contribution in [2.75, 3.05) is 32.3 Å². The Bertz CT molecular complexity index is 1060. The van der Waals surface area contributed by atoms with Gasteiger partial charge in [0.15, 0.2) is 0 Å². The summed E-state index contributed by atoms with van der Waals surface area (Å²) in [6.07, 6.45) is 9.14. The van der Waals surface area contributed by atoms with Gasteiger partial charge in [-0.25, -0.2) is 4.98 Å². The van der Waals surface area contributed by atoms with Crippen LogP contribution in [0, 0.1) is 5.92 Å². The van der Waals surface area contributed by atoms with Crippen molar-refractivity contribution in [2.45, 2.75) is 35.6 Å². The second-order valence-electron chi connectivity index (χ2n) is 7.98. The molecule has 7 nitrogen and oxygen atoms in total. The summed E-state index contributed by atoms with van der Waals surface area (Å²) >= 11 is 0.324. The predicted molar refractivity (Wildman–Crippen MR) is 124 cm³/mol. The maximum absolute atomic E-state index is 12.9. The minimum atomic E-state index is -1.14. The van der Waals surface area contributed by atoms with E-state index in [9.17, 15) is 4.55 Å². The molecule has 2 aromatic rings. The van der Waals surface area contributed by atoms with Gasteiger partial charge in [-0.1, -0.05) is 17.4 Å². The van der Waals surface area contributed by atoms with Crippen LogP contribution in [0.15, 0.2) is 26.4 Å². The summed E-state index contributed by atoms with van der Waals surface area (Å²) in [5, 5.41) is 7.23. The SMILES string of the molecule is COCCC[S+]([O-])c1sc2nc(C3=CC4C=NN(C)C4N=C3)cc(C3CC3)c2c1N. The van der Waals surface area contributed by atoms with Gasteiger partial charge in [-0.2, -0.15) is 5.10 Å². The number of aromatic nitrogens is 1. The predicted octanol–water partition coefficient (Wildman–Crippen LogP) is 3.24. The van der Waals surface area contributed by atoms with Gasteiger partial charge < -0.3 is 15.0 Å². The Kier molecular flexibility index (Phi) is 5.30. The van der Waals surface area contributed by atoms with Gasteiger partial charge in [-0.05, 0) is 41.6 Å². The van der Waals surface area contributed by atoms with Crippen molar-refractivity contribution in [1.82, 2.24) is 9.99 Å². The zero-order chi connectivity index (χ0) is 20.8. The van der Waals surface area contributed by atoms with E-state index in [1.165, 1.54) is 16.9 Å². The second kappa shape index (κ2) is 7.96. The average Bonchev–Trinajstić information content (AvgIpc) is 3.46. The molecule has 1 aliphatic carbocycles. The van der Waals surface area contributed by atoms with Crippen LogP contribution in [-0.4, -0.2) is 59.7 Å². The number of rotatable bonds is 7. The lowest BCUT2D eigenvalue weighted by atomic mass is 9.97. The smallest absolute Gasteiger partial charge is 0.232 e. The highest BCUT2D eigenvalue weighted by molar-refractivity contribution is 7.93. The fourth-order valence-corrected chi connectivity index (χ4v) is 6.68. The molecule has 5 rings (SSSR count). The lowest BCUT2D eigenvalue weighted by molar-refractivity contribution is 0.199. The molecule has 2 aromatic heterocycles. The summed E-state index contributed by atoms with van der Waals surface area (Å²) in [5.74, 6) is 1.22. The third-order valence-corrected chi connectivity index (χ3v) is 8.77. The molecular weight excluding hydrogens is 418 g/mol. The van der Waals surface area contributed by atoms with Crippen LogP contribution < -0.4 is 5.73 Å². The highest BCUT2D eigenvalue weighted by Gasteiger charge is 2.33. The van der Waals surface area contributed by atoms with Gasteiger partial charge in [-0.15, -0.1) is 0 Å². The molecule has 2 aliphatic heterocycles. The maximum Gasteiger partial charge on any atom is 0.232 e. The normalized spacial score (nSPS) is 23.8. The molecule has 158 valence electrons. The van der Waals surface area contributed by atoms with Crippen LogP contribution in [0.2, 0.25) is 0 Å². The van der Waals surface area contributed by atoms with E-state index in [1.807, 2.05) is 24.5 Å². The summed E-state index contributed by atoms with van der Waals surface area (Å²) in [5.41, 5.74) is 10.3. The molecule has 3 unspecified atom stereocenters. The summed E-state index contributed by atoms with van der Waals surface area (Å²) in [7, 11) is 3.60. The molecule has 0 spiro atoms. The van der Waals surface area contributed by atoms with Gasteiger partial charge in [0.25, 0.3) is 0 Å². The molecule has 0 saturated heterocycles. The Morgan fingerprint density at radius 2 is 2.23 bits per heavy atom. The Morgan fingerprint density at radius 1 is 1.40 bits per heavy atom. The Hall–Kier alpha value is -1.94. The average molecular weight is 444 g/mol. The number of allylic oxidation sites excluding steroid dienone is 1. The summed E-state index contributed by atoms with van der Waals surface area (Å²) in [4.78, 5) is 10.5. The number of nitrogen functional groups attached to an aromatic ring is 1. The maximum atomic E-state index is 12.9. The van der Waals surface area contributed by atoms with E-state index in [0.29, 0.717) is 24.0 Å². The molecule has 0 radical (unpaired) electrons. The monoisotopic (exact) mass is 443 g/mol. The number of anilines is 1. The van der Waals surface area contributed by atoms with Gasteiger partial charge in [0.05, 0.1) is 18.2 Å². The zero-order valence-electron chi connectivity index (χ0n) is 17.1. The van der Waals surface area contributed by atoms with E-state index in [4.69, 9.17) is 15.5 Å². The van der Waals surface area contributed by atoms with Crippen molar-refractivity contribution in [3.05, 3.63) is 23.4 Å². The molecule has 30 heavy (non-hydrogen) atoms. The van der Waals surface area contributed by atoms with Crippen LogP contribution in [0.5, 0.6) is 0 Å². The number of ether oxygens (including phenoxy) is 1. The number of hydrogen-bond donors (Lipinski definition) is 1. The van der Waals surface area contributed by atoms with Gasteiger partial charge in [0, 0.05) is 44.0 Å². The van der Waals surface area contributed by atoms with Crippen molar-refractivity contribution in [3.8, 4) is 0 Å². The summed E-state index contributed by atoms with van der Waals surface area (Å²) in [6.45, 7) is 0.598. The highest BCUT2D eigenvalue weighted by atomic mass is 32.2. The van der Waals surface area contributed by atoms with Crippen molar-refractivity contribution in [3.63, 3.8) is 0 Å². The standard InChI is InChI=1S/C21H25N5O2S2/c1-26-19-14(11-24-26)8-13(10-23-19)16-9-15(12-4-5-12)17-18(22)21(29-20(17)25-16)30(27)7-3-6-28-2/h8-12,14,19H,3-7,22H2,1-2H3. The van der Waals surface area contributed by atoms with Crippen LogP contribution in [-0.2, 0) is 15.9 Å². The second-order valence-corrected chi connectivity index (χ2v) is 10.7. The first-order valence-electron chi connectivity index (χ1n) is 10.2. The minimum Gasteiger partial charge on any atom is -0.611 e. The molecule has 2 N–H and O–H groups in total. The molecule has 3 aliphatic rings.